The van der Waals surface area contributed by atoms with E-state index in [0.29, 0.717) is 18.0 Å². The molecule has 2 aromatic rings. The van der Waals surface area contributed by atoms with E-state index in [1.54, 1.807) is 6.92 Å². The van der Waals surface area contributed by atoms with Crippen molar-refractivity contribution in [3.05, 3.63) is 42.2 Å². The van der Waals surface area contributed by atoms with Crippen molar-refractivity contribution in [2.75, 3.05) is 10.6 Å². The summed E-state index contributed by atoms with van der Waals surface area (Å²) in [5, 5.41) is 6.12. The van der Waals surface area contributed by atoms with Crippen LogP contribution in [0.1, 0.15) is 12.6 Å². The van der Waals surface area contributed by atoms with E-state index in [1.165, 1.54) is 0 Å². The van der Waals surface area contributed by atoms with E-state index < -0.39 is 6.10 Å². The second-order valence-corrected chi connectivity index (χ2v) is 4.51. The highest BCUT2D eigenvalue weighted by Crippen LogP contribution is 2.32. The molecule has 1 unspecified atom stereocenters. The lowest BCUT2D eigenvalue weighted by molar-refractivity contribution is -0.122. The zero-order chi connectivity index (χ0) is 13.2. The van der Waals surface area contributed by atoms with E-state index >= 15 is 0 Å². The molecule has 3 rings (SSSR count). The summed E-state index contributed by atoms with van der Waals surface area (Å²) in [4.78, 5) is 14.7. The summed E-state index contributed by atoms with van der Waals surface area (Å²) in [7, 11) is 0. The molecule has 0 saturated carbocycles. The van der Waals surface area contributed by atoms with Crippen LogP contribution >= 0.6 is 0 Å². The van der Waals surface area contributed by atoms with E-state index in [0.717, 1.165) is 11.4 Å². The summed E-state index contributed by atoms with van der Waals surface area (Å²) >= 11 is 0. The van der Waals surface area contributed by atoms with Crippen LogP contribution < -0.4 is 15.4 Å². The van der Waals surface area contributed by atoms with Gasteiger partial charge in [-0.3, -0.25) is 4.79 Å². The van der Waals surface area contributed by atoms with Crippen molar-refractivity contribution in [3.8, 4) is 5.75 Å². The number of fused-ring (bicyclic) bond motifs is 1. The van der Waals surface area contributed by atoms with Gasteiger partial charge in [-0.1, -0.05) is 0 Å². The van der Waals surface area contributed by atoms with Gasteiger partial charge in [-0.25, -0.2) is 0 Å². The van der Waals surface area contributed by atoms with E-state index in [-0.39, 0.29) is 5.91 Å². The maximum Gasteiger partial charge on any atom is 0.265 e. The first-order valence-corrected chi connectivity index (χ1v) is 6.20. The van der Waals surface area contributed by atoms with Crippen molar-refractivity contribution < 1.29 is 9.53 Å². The minimum atomic E-state index is -0.440. The van der Waals surface area contributed by atoms with Crippen molar-refractivity contribution in [1.82, 2.24) is 4.98 Å². The summed E-state index contributed by atoms with van der Waals surface area (Å²) in [5.41, 5.74) is 2.75. The fourth-order valence-electron chi connectivity index (χ4n) is 1.99. The van der Waals surface area contributed by atoms with E-state index in [1.807, 2.05) is 36.5 Å². The second-order valence-electron chi connectivity index (χ2n) is 4.51. The number of benzene rings is 1. The van der Waals surface area contributed by atoms with Crippen LogP contribution in [0.15, 0.2) is 36.5 Å². The van der Waals surface area contributed by atoms with E-state index in [9.17, 15) is 4.79 Å². The standard InChI is InChI=1S/C14H15N3O2/c1-9-14(18)17-12-7-10(4-5-13(12)19-9)16-8-11-3-2-6-15-11/h2-7,9,15-16H,8H2,1H3,(H,17,18). The Morgan fingerprint density at radius 1 is 1.37 bits per heavy atom. The van der Waals surface area contributed by atoms with Gasteiger partial charge in [0.1, 0.15) is 5.75 Å². The number of hydrogen-bond acceptors (Lipinski definition) is 3. The minimum Gasteiger partial charge on any atom is -0.479 e. The van der Waals surface area contributed by atoms with Gasteiger partial charge in [0.15, 0.2) is 6.10 Å². The number of anilines is 2. The predicted molar refractivity (Wildman–Crippen MR) is 73.3 cm³/mol. The normalized spacial score (nSPS) is 17.3. The molecule has 0 saturated heterocycles. The number of ether oxygens (including phenoxy) is 1. The van der Waals surface area contributed by atoms with Crippen LogP contribution in [0.25, 0.3) is 0 Å². The van der Waals surface area contributed by atoms with Gasteiger partial charge in [-0.15, -0.1) is 0 Å². The Morgan fingerprint density at radius 2 is 2.26 bits per heavy atom. The molecule has 0 radical (unpaired) electrons. The lowest BCUT2D eigenvalue weighted by Gasteiger charge is -2.23. The summed E-state index contributed by atoms with van der Waals surface area (Å²) < 4.78 is 5.50. The molecule has 0 bridgehead atoms. The zero-order valence-electron chi connectivity index (χ0n) is 10.6. The smallest absolute Gasteiger partial charge is 0.265 e. The van der Waals surface area contributed by atoms with Gasteiger partial charge in [-0.05, 0) is 37.3 Å². The third kappa shape index (κ3) is 2.40. The van der Waals surface area contributed by atoms with Gasteiger partial charge >= 0.3 is 0 Å². The van der Waals surface area contributed by atoms with Crippen LogP contribution in [0.3, 0.4) is 0 Å². The molecular weight excluding hydrogens is 242 g/mol. The average Bonchev–Trinajstić information content (AvgIpc) is 2.91. The molecule has 5 heteroatoms. The van der Waals surface area contributed by atoms with Crippen LogP contribution in [0, 0.1) is 0 Å². The number of nitrogens with one attached hydrogen (secondary N) is 3. The molecule has 1 aromatic heterocycles. The number of aromatic amines is 1. The molecule has 5 nitrogen and oxygen atoms in total. The topological polar surface area (TPSA) is 66.2 Å². The highest BCUT2D eigenvalue weighted by Gasteiger charge is 2.23. The molecule has 1 aliphatic heterocycles. The summed E-state index contributed by atoms with van der Waals surface area (Å²) in [6.07, 6.45) is 1.45. The van der Waals surface area contributed by atoms with Crippen molar-refractivity contribution in [2.24, 2.45) is 0 Å². The van der Waals surface area contributed by atoms with Gasteiger partial charge < -0.3 is 20.4 Å². The Labute approximate surface area is 111 Å². The highest BCUT2D eigenvalue weighted by molar-refractivity contribution is 5.98. The molecule has 98 valence electrons. The Hall–Kier alpha value is -2.43. The molecule has 1 aromatic carbocycles. The number of carbonyl (C=O) groups excluding carboxylic acids is 1. The van der Waals surface area contributed by atoms with Crippen molar-refractivity contribution >= 4 is 17.3 Å². The average molecular weight is 257 g/mol. The summed E-state index contributed by atoms with van der Waals surface area (Å²) in [6, 6.07) is 9.65. The summed E-state index contributed by atoms with van der Waals surface area (Å²) in [6.45, 7) is 2.44. The first kappa shape index (κ1) is 11.6. The predicted octanol–water partition coefficient (Wildman–Crippen LogP) is 2.35. The fourth-order valence-corrected chi connectivity index (χ4v) is 1.99. The van der Waals surface area contributed by atoms with E-state index in [4.69, 9.17) is 4.74 Å². The van der Waals surface area contributed by atoms with Gasteiger partial charge in [-0.2, -0.15) is 0 Å². The van der Waals surface area contributed by atoms with Crippen molar-refractivity contribution in [3.63, 3.8) is 0 Å². The van der Waals surface area contributed by atoms with Gasteiger partial charge in [0.05, 0.1) is 12.2 Å². The number of aromatic nitrogens is 1. The summed E-state index contributed by atoms with van der Waals surface area (Å²) in [5.74, 6) is 0.589. The van der Waals surface area contributed by atoms with Crippen LogP contribution in [0.2, 0.25) is 0 Å². The Balaban J connectivity index is 1.74. The largest absolute Gasteiger partial charge is 0.479 e. The molecule has 0 spiro atoms. The first-order chi connectivity index (χ1) is 9.22. The van der Waals surface area contributed by atoms with Crippen molar-refractivity contribution in [2.45, 2.75) is 19.6 Å². The molecular formula is C14H15N3O2. The molecule has 1 aliphatic rings. The van der Waals surface area contributed by atoms with Gasteiger partial charge in [0, 0.05) is 17.6 Å². The molecule has 1 atom stereocenters. The van der Waals surface area contributed by atoms with Gasteiger partial charge in [0.25, 0.3) is 5.91 Å². The Kier molecular flexibility index (Phi) is 2.87. The lowest BCUT2D eigenvalue weighted by atomic mass is 10.2. The van der Waals surface area contributed by atoms with Crippen LogP contribution in [-0.4, -0.2) is 17.0 Å². The zero-order valence-corrected chi connectivity index (χ0v) is 10.6. The monoisotopic (exact) mass is 257 g/mol. The van der Waals surface area contributed by atoms with E-state index in [2.05, 4.69) is 15.6 Å². The lowest BCUT2D eigenvalue weighted by Crippen LogP contribution is -2.34. The maximum atomic E-state index is 11.6. The second kappa shape index (κ2) is 4.68. The van der Waals surface area contributed by atoms with Gasteiger partial charge in [0.2, 0.25) is 0 Å². The Bertz CT molecular complexity index is 593. The first-order valence-electron chi connectivity index (χ1n) is 6.20. The minimum absolute atomic E-state index is 0.117. The third-order valence-corrected chi connectivity index (χ3v) is 3.06. The molecule has 3 N–H and O–H groups in total. The molecule has 0 aliphatic carbocycles. The van der Waals surface area contributed by atoms with Crippen LogP contribution in [0.4, 0.5) is 11.4 Å². The van der Waals surface area contributed by atoms with Crippen molar-refractivity contribution in [1.29, 1.82) is 0 Å². The third-order valence-electron chi connectivity index (χ3n) is 3.06. The molecule has 2 heterocycles. The molecule has 1 amide bonds. The Morgan fingerprint density at radius 3 is 3.05 bits per heavy atom. The number of H-pyrrole nitrogens is 1. The quantitative estimate of drug-likeness (QED) is 0.790. The van der Waals surface area contributed by atoms with Crippen LogP contribution in [-0.2, 0) is 11.3 Å². The fraction of sp³-hybridized carbons (Fsp3) is 0.214. The molecule has 19 heavy (non-hydrogen) atoms. The molecule has 0 fully saturated rings. The number of carbonyl (C=O) groups is 1. The number of amides is 1. The SMILES string of the molecule is CC1Oc2ccc(NCc3ccc[nH]3)cc2NC1=O. The van der Waals surface area contributed by atoms with Crippen LogP contribution in [0.5, 0.6) is 5.75 Å². The number of hydrogen-bond donors (Lipinski definition) is 3. The maximum absolute atomic E-state index is 11.6. The number of rotatable bonds is 3. The highest BCUT2D eigenvalue weighted by atomic mass is 16.5.